The Hall–Kier alpha value is -2.42. The van der Waals surface area contributed by atoms with E-state index in [0.29, 0.717) is 29.4 Å². The van der Waals surface area contributed by atoms with Gasteiger partial charge in [0.05, 0.1) is 30.6 Å². The maximum atomic E-state index is 14.2. The monoisotopic (exact) mass is 539 g/mol. The molecule has 2 aromatic rings. The first-order valence-electron chi connectivity index (χ1n) is 13.5. The van der Waals surface area contributed by atoms with Crippen LogP contribution in [0.1, 0.15) is 75.3 Å². The number of ether oxygens (including phenoxy) is 2. The Morgan fingerprint density at radius 3 is 2.29 bits per heavy atom. The van der Waals surface area contributed by atoms with Crippen molar-refractivity contribution in [3.63, 3.8) is 0 Å². The molecule has 0 aromatic heterocycles. The molecule has 2 unspecified atom stereocenters. The molecule has 1 aliphatic carbocycles. The highest BCUT2D eigenvalue weighted by atomic mass is 19.4. The predicted molar refractivity (Wildman–Crippen MR) is 133 cm³/mol. The molecule has 3 aliphatic rings. The molecule has 0 radical (unpaired) electrons. The molecule has 4 nitrogen and oxygen atoms in total. The molecule has 1 saturated carbocycles. The summed E-state index contributed by atoms with van der Waals surface area (Å²) in [5, 5.41) is 1.08. The summed E-state index contributed by atoms with van der Waals surface area (Å²) in [5.74, 6) is -1.51. The van der Waals surface area contributed by atoms with Crippen molar-refractivity contribution in [3.05, 3.63) is 41.5 Å². The first kappa shape index (κ1) is 27.2. The molecule has 208 valence electrons. The Kier molecular flexibility index (Phi) is 7.85. The van der Waals surface area contributed by atoms with E-state index >= 15 is 0 Å². The van der Waals surface area contributed by atoms with Crippen molar-refractivity contribution in [1.82, 2.24) is 4.90 Å². The molecule has 3 fully saturated rings. The standard InChI is InChI=1S/C29H34F5NO3/c1-37-28(36)19-14-21-3-2-4-22(15-19)35(21)16-17-5-11-24-18(13-17)6-12-25(26(24)27(30)31)38-23-9-7-20(8-10-23)29(32,33)34/h5-6,11-13,19-23,27H,2-4,7-10,14-16H2,1H3/t19?,20-,21?,22?,23+. The third-order valence-electron chi connectivity index (χ3n) is 8.76. The van der Waals surface area contributed by atoms with Crippen molar-refractivity contribution in [3.8, 4) is 5.75 Å². The summed E-state index contributed by atoms with van der Waals surface area (Å²) in [7, 11) is 1.43. The minimum Gasteiger partial charge on any atom is -0.490 e. The molecule has 38 heavy (non-hydrogen) atoms. The number of halogens is 5. The fraction of sp³-hybridized carbons (Fsp3) is 0.621. The number of esters is 1. The maximum Gasteiger partial charge on any atom is 0.391 e. The minimum absolute atomic E-state index is 0.0476. The van der Waals surface area contributed by atoms with Gasteiger partial charge in [-0.2, -0.15) is 13.2 Å². The minimum atomic E-state index is -4.23. The maximum absolute atomic E-state index is 14.2. The van der Waals surface area contributed by atoms with E-state index < -0.39 is 24.6 Å². The molecule has 2 atom stereocenters. The zero-order chi connectivity index (χ0) is 27.0. The highest BCUT2D eigenvalue weighted by Gasteiger charge is 2.42. The molecule has 9 heteroatoms. The van der Waals surface area contributed by atoms with Crippen LogP contribution in [0.5, 0.6) is 5.75 Å². The van der Waals surface area contributed by atoms with Crippen molar-refractivity contribution in [2.75, 3.05) is 7.11 Å². The van der Waals surface area contributed by atoms with E-state index in [1.54, 1.807) is 12.1 Å². The Bertz CT molecular complexity index is 1130. The number of carbonyl (C=O) groups excluding carboxylic acids is 1. The van der Waals surface area contributed by atoms with Crippen LogP contribution in [0, 0.1) is 11.8 Å². The summed E-state index contributed by atoms with van der Waals surface area (Å²) in [6.45, 7) is 0.684. The molecular weight excluding hydrogens is 505 g/mol. The number of alkyl halides is 5. The molecule has 0 amide bonds. The second-order valence-electron chi connectivity index (χ2n) is 11.1. The van der Waals surface area contributed by atoms with E-state index in [1.807, 2.05) is 12.1 Å². The van der Waals surface area contributed by atoms with Gasteiger partial charge in [0.1, 0.15) is 5.75 Å². The lowest BCUT2D eigenvalue weighted by Gasteiger charge is -2.48. The van der Waals surface area contributed by atoms with E-state index in [9.17, 15) is 26.7 Å². The Balaban J connectivity index is 1.32. The summed E-state index contributed by atoms with van der Waals surface area (Å²) in [5.41, 5.74) is 0.813. The fourth-order valence-electron chi connectivity index (χ4n) is 6.80. The van der Waals surface area contributed by atoms with Gasteiger partial charge in [-0.1, -0.05) is 24.6 Å². The summed E-state index contributed by atoms with van der Waals surface area (Å²) in [6, 6.07) is 9.38. The van der Waals surface area contributed by atoms with E-state index in [0.717, 1.165) is 37.7 Å². The number of nitrogens with zero attached hydrogens (tertiary/aromatic N) is 1. The molecule has 2 heterocycles. The molecule has 0 spiro atoms. The van der Waals surface area contributed by atoms with Gasteiger partial charge in [-0.15, -0.1) is 0 Å². The normalized spacial score (nSPS) is 28.4. The summed E-state index contributed by atoms with van der Waals surface area (Å²) >= 11 is 0. The predicted octanol–water partition coefficient (Wildman–Crippen LogP) is 7.58. The lowest BCUT2D eigenvalue weighted by Crippen LogP contribution is -2.52. The van der Waals surface area contributed by atoms with Crippen LogP contribution in [0.2, 0.25) is 0 Å². The van der Waals surface area contributed by atoms with Crippen LogP contribution in [0.4, 0.5) is 22.0 Å². The van der Waals surface area contributed by atoms with Crippen molar-refractivity contribution in [2.24, 2.45) is 11.8 Å². The molecule has 2 saturated heterocycles. The lowest BCUT2D eigenvalue weighted by molar-refractivity contribution is -0.185. The van der Waals surface area contributed by atoms with Gasteiger partial charge in [-0.25, -0.2) is 8.78 Å². The zero-order valence-corrected chi connectivity index (χ0v) is 21.5. The number of hydrogen-bond acceptors (Lipinski definition) is 4. The number of rotatable bonds is 6. The van der Waals surface area contributed by atoms with Crippen LogP contribution in [0.3, 0.4) is 0 Å². The fourth-order valence-corrected chi connectivity index (χ4v) is 6.80. The average Bonchev–Trinajstić information content (AvgIpc) is 2.87. The number of piperidine rings is 2. The van der Waals surface area contributed by atoms with Crippen LogP contribution in [-0.2, 0) is 16.1 Å². The number of methoxy groups -OCH3 is 1. The number of carbonyl (C=O) groups is 1. The third-order valence-corrected chi connectivity index (χ3v) is 8.76. The second kappa shape index (κ2) is 11.0. The van der Waals surface area contributed by atoms with E-state index in [4.69, 9.17) is 9.47 Å². The van der Waals surface area contributed by atoms with Crippen LogP contribution < -0.4 is 4.74 Å². The topological polar surface area (TPSA) is 38.8 Å². The SMILES string of the molecule is COC(=O)C1CC2CCCC(C1)N2Cc1ccc2c(C(F)F)c(O[C@H]3CC[C@@H](C(F)(F)F)CC3)ccc2c1. The number of hydrogen-bond donors (Lipinski definition) is 0. The number of benzene rings is 2. The molecular formula is C29H34F5NO3. The van der Waals surface area contributed by atoms with Gasteiger partial charge < -0.3 is 9.47 Å². The van der Waals surface area contributed by atoms with Crippen LogP contribution in [0.25, 0.3) is 10.8 Å². The second-order valence-corrected chi connectivity index (χ2v) is 11.1. The first-order chi connectivity index (χ1) is 18.1. The molecule has 2 aromatic carbocycles. The summed E-state index contributed by atoms with van der Waals surface area (Å²) < 4.78 is 78.3. The molecule has 2 bridgehead atoms. The summed E-state index contributed by atoms with van der Waals surface area (Å²) in [6.07, 6.45) is -2.48. The Morgan fingerprint density at radius 2 is 1.68 bits per heavy atom. The third kappa shape index (κ3) is 5.63. The smallest absolute Gasteiger partial charge is 0.391 e. The van der Waals surface area contributed by atoms with Gasteiger partial charge in [0.25, 0.3) is 6.43 Å². The Labute approximate surface area is 219 Å². The number of fused-ring (bicyclic) bond motifs is 3. The molecule has 2 aliphatic heterocycles. The highest BCUT2D eigenvalue weighted by Crippen LogP contribution is 2.42. The van der Waals surface area contributed by atoms with Crippen LogP contribution >= 0.6 is 0 Å². The van der Waals surface area contributed by atoms with Crippen LogP contribution in [-0.4, -0.2) is 42.3 Å². The van der Waals surface area contributed by atoms with Gasteiger partial charge >= 0.3 is 12.1 Å². The van der Waals surface area contributed by atoms with Gasteiger partial charge in [0.2, 0.25) is 0 Å². The Morgan fingerprint density at radius 1 is 1.00 bits per heavy atom. The van der Waals surface area contributed by atoms with Crippen LogP contribution in [0.15, 0.2) is 30.3 Å². The quantitative estimate of drug-likeness (QED) is 0.280. The molecule has 0 N–H and O–H groups in total. The van der Waals surface area contributed by atoms with E-state index in [2.05, 4.69) is 4.90 Å². The first-order valence-corrected chi connectivity index (χ1v) is 13.5. The van der Waals surface area contributed by atoms with E-state index in [-0.39, 0.29) is 48.9 Å². The van der Waals surface area contributed by atoms with Gasteiger partial charge in [0.15, 0.2) is 0 Å². The average molecular weight is 540 g/mol. The largest absolute Gasteiger partial charge is 0.490 e. The highest BCUT2D eigenvalue weighted by molar-refractivity contribution is 5.88. The van der Waals surface area contributed by atoms with Gasteiger partial charge in [-0.3, -0.25) is 9.69 Å². The van der Waals surface area contributed by atoms with Crippen molar-refractivity contribution >= 4 is 16.7 Å². The van der Waals surface area contributed by atoms with Gasteiger partial charge in [0, 0.05) is 18.6 Å². The van der Waals surface area contributed by atoms with Crippen molar-refractivity contribution < 1.29 is 36.2 Å². The lowest BCUT2D eigenvalue weighted by atomic mass is 9.78. The van der Waals surface area contributed by atoms with Crippen molar-refractivity contribution in [2.45, 2.75) is 95.1 Å². The zero-order valence-electron chi connectivity index (χ0n) is 21.5. The molecule has 5 rings (SSSR count). The van der Waals surface area contributed by atoms with Gasteiger partial charge in [-0.05, 0) is 79.8 Å². The summed E-state index contributed by atoms with van der Waals surface area (Å²) in [4.78, 5) is 14.6. The van der Waals surface area contributed by atoms with Crippen molar-refractivity contribution in [1.29, 1.82) is 0 Å². The van der Waals surface area contributed by atoms with E-state index in [1.165, 1.54) is 13.2 Å².